The van der Waals surface area contributed by atoms with Crippen LogP contribution in [-0.2, 0) is 6.42 Å². The Kier molecular flexibility index (Phi) is 4.24. The number of nitrogens with two attached hydrogens (primary N) is 1. The van der Waals surface area contributed by atoms with E-state index in [1.165, 1.54) is 0 Å². The van der Waals surface area contributed by atoms with E-state index in [1.807, 2.05) is 19.1 Å². The van der Waals surface area contributed by atoms with Crippen LogP contribution in [0.5, 0.6) is 11.5 Å². The zero-order valence-electron chi connectivity index (χ0n) is 9.21. The van der Waals surface area contributed by atoms with Gasteiger partial charge < -0.3 is 15.2 Å². The van der Waals surface area contributed by atoms with Crippen LogP contribution >= 0.6 is 11.6 Å². The Morgan fingerprint density at radius 2 is 2.00 bits per heavy atom. The second kappa shape index (κ2) is 5.24. The average molecular weight is 230 g/mol. The Balaban J connectivity index is 3.11. The summed E-state index contributed by atoms with van der Waals surface area (Å²) in [6.07, 6.45) is 0.721. The lowest BCUT2D eigenvalue weighted by atomic mass is 10.1. The van der Waals surface area contributed by atoms with E-state index in [0.717, 1.165) is 12.0 Å². The van der Waals surface area contributed by atoms with E-state index in [9.17, 15) is 0 Å². The molecule has 0 spiro atoms. The van der Waals surface area contributed by atoms with Gasteiger partial charge in [-0.1, -0.05) is 17.7 Å². The molecule has 84 valence electrons. The van der Waals surface area contributed by atoms with Crippen LogP contribution < -0.4 is 15.2 Å². The van der Waals surface area contributed by atoms with Crippen LogP contribution in [0.15, 0.2) is 12.1 Å². The van der Waals surface area contributed by atoms with Crippen molar-refractivity contribution in [1.29, 1.82) is 0 Å². The van der Waals surface area contributed by atoms with Crippen molar-refractivity contribution in [3.63, 3.8) is 0 Å². The Morgan fingerprint density at radius 1 is 1.33 bits per heavy atom. The lowest BCUT2D eigenvalue weighted by molar-refractivity contribution is 0.354. The highest BCUT2D eigenvalue weighted by Gasteiger charge is 2.13. The van der Waals surface area contributed by atoms with Gasteiger partial charge >= 0.3 is 0 Å². The van der Waals surface area contributed by atoms with Crippen LogP contribution in [0.2, 0.25) is 5.02 Å². The predicted molar refractivity (Wildman–Crippen MR) is 61.9 cm³/mol. The summed E-state index contributed by atoms with van der Waals surface area (Å²) in [5.41, 5.74) is 6.70. The molecule has 0 amide bonds. The highest BCUT2D eigenvalue weighted by molar-refractivity contribution is 6.33. The summed E-state index contributed by atoms with van der Waals surface area (Å²) in [5.74, 6) is 1.20. The van der Waals surface area contributed by atoms with Crippen molar-refractivity contribution in [3.05, 3.63) is 22.7 Å². The summed E-state index contributed by atoms with van der Waals surface area (Å²) in [6.45, 7) is 1.94. The molecule has 0 saturated heterocycles. The van der Waals surface area contributed by atoms with Crippen LogP contribution in [0.1, 0.15) is 12.5 Å². The van der Waals surface area contributed by atoms with Gasteiger partial charge in [0.05, 0.1) is 19.2 Å². The first kappa shape index (κ1) is 12.1. The maximum absolute atomic E-state index is 6.18. The molecule has 2 N–H and O–H groups in total. The van der Waals surface area contributed by atoms with E-state index < -0.39 is 0 Å². The molecule has 0 aliphatic carbocycles. The van der Waals surface area contributed by atoms with E-state index >= 15 is 0 Å². The highest BCUT2D eigenvalue weighted by Crippen LogP contribution is 2.37. The van der Waals surface area contributed by atoms with Gasteiger partial charge in [-0.3, -0.25) is 0 Å². The number of halogens is 1. The normalized spacial score (nSPS) is 12.3. The number of hydrogen-bond acceptors (Lipinski definition) is 3. The largest absolute Gasteiger partial charge is 0.493 e. The number of ether oxygens (including phenoxy) is 2. The summed E-state index contributed by atoms with van der Waals surface area (Å²) >= 11 is 6.18. The van der Waals surface area contributed by atoms with Gasteiger partial charge in [-0.25, -0.2) is 0 Å². The maximum Gasteiger partial charge on any atom is 0.179 e. The van der Waals surface area contributed by atoms with Crippen molar-refractivity contribution in [3.8, 4) is 11.5 Å². The zero-order valence-corrected chi connectivity index (χ0v) is 9.97. The number of methoxy groups -OCH3 is 2. The van der Waals surface area contributed by atoms with Gasteiger partial charge in [-0.2, -0.15) is 0 Å². The summed E-state index contributed by atoms with van der Waals surface area (Å²) in [4.78, 5) is 0. The quantitative estimate of drug-likeness (QED) is 0.861. The summed E-state index contributed by atoms with van der Waals surface area (Å²) in [5, 5.41) is 0.578. The minimum absolute atomic E-state index is 0.0700. The fraction of sp³-hybridized carbons (Fsp3) is 0.455. The third-order valence-corrected chi connectivity index (χ3v) is 2.52. The first-order valence-corrected chi connectivity index (χ1v) is 5.12. The summed E-state index contributed by atoms with van der Waals surface area (Å²) in [6, 6.07) is 3.82. The molecule has 0 saturated carbocycles. The molecule has 1 atom stereocenters. The van der Waals surface area contributed by atoms with E-state index in [2.05, 4.69) is 0 Å². The molecule has 0 aliphatic heterocycles. The zero-order chi connectivity index (χ0) is 11.4. The molecule has 1 aromatic carbocycles. The van der Waals surface area contributed by atoms with E-state index in [4.69, 9.17) is 26.8 Å². The fourth-order valence-electron chi connectivity index (χ4n) is 1.43. The van der Waals surface area contributed by atoms with E-state index in [-0.39, 0.29) is 6.04 Å². The molecular formula is C11H16ClNO2. The Labute approximate surface area is 95.1 Å². The molecule has 15 heavy (non-hydrogen) atoms. The summed E-state index contributed by atoms with van der Waals surface area (Å²) < 4.78 is 10.3. The topological polar surface area (TPSA) is 44.5 Å². The van der Waals surface area contributed by atoms with Crippen molar-refractivity contribution >= 4 is 11.6 Å². The third-order valence-electron chi connectivity index (χ3n) is 2.11. The number of hydrogen-bond donors (Lipinski definition) is 1. The molecule has 0 bridgehead atoms. The first-order chi connectivity index (χ1) is 7.10. The summed E-state index contributed by atoms with van der Waals surface area (Å²) in [7, 11) is 3.15. The van der Waals surface area contributed by atoms with Crippen LogP contribution in [-0.4, -0.2) is 20.3 Å². The standard InChI is InChI=1S/C11H16ClNO2/c1-7(13)6-8-4-5-9(14-2)11(15-3)10(8)12/h4-5,7H,6,13H2,1-3H3. The third kappa shape index (κ3) is 2.76. The van der Waals surface area contributed by atoms with Crippen LogP contribution in [0.3, 0.4) is 0 Å². The van der Waals surface area contributed by atoms with Crippen molar-refractivity contribution in [2.45, 2.75) is 19.4 Å². The predicted octanol–water partition coefficient (Wildman–Crippen LogP) is 2.25. The maximum atomic E-state index is 6.18. The van der Waals surface area contributed by atoms with E-state index in [1.54, 1.807) is 14.2 Å². The molecule has 1 rings (SSSR count). The molecule has 0 aromatic heterocycles. The molecule has 3 nitrogen and oxygen atoms in total. The van der Waals surface area contributed by atoms with Crippen molar-refractivity contribution in [1.82, 2.24) is 0 Å². The van der Waals surface area contributed by atoms with Gasteiger partial charge in [0.2, 0.25) is 0 Å². The van der Waals surface area contributed by atoms with Gasteiger partial charge in [0.1, 0.15) is 0 Å². The van der Waals surface area contributed by atoms with E-state index in [0.29, 0.717) is 16.5 Å². The molecule has 0 fully saturated rings. The van der Waals surface area contributed by atoms with Crippen LogP contribution in [0.25, 0.3) is 0 Å². The lowest BCUT2D eigenvalue weighted by Gasteiger charge is -2.13. The molecule has 1 unspecified atom stereocenters. The van der Waals surface area contributed by atoms with Gasteiger partial charge in [0.15, 0.2) is 11.5 Å². The Bertz CT molecular complexity index is 340. The SMILES string of the molecule is COc1ccc(CC(C)N)c(Cl)c1OC. The van der Waals surface area contributed by atoms with Crippen molar-refractivity contribution in [2.75, 3.05) is 14.2 Å². The molecular weight excluding hydrogens is 214 g/mol. The van der Waals surface area contributed by atoms with Gasteiger partial charge in [0, 0.05) is 6.04 Å². The van der Waals surface area contributed by atoms with Crippen molar-refractivity contribution < 1.29 is 9.47 Å². The molecule has 0 heterocycles. The average Bonchev–Trinajstić information content (AvgIpc) is 2.20. The fourth-order valence-corrected chi connectivity index (χ4v) is 1.75. The smallest absolute Gasteiger partial charge is 0.179 e. The molecule has 1 aromatic rings. The number of rotatable bonds is 4. The van der Waals surface area contributed by atoms with Crippen LogP contribution in [0.4, 0.5) is 0 Å². The Morgan fingerprint density at radius 3 is 2.47 bits per heavy atom. The Hall–Kier alpha value is -0.930. The van der Waals surface area contributed by atoms with Gasteiger partial charge in [-0.15, -0.1) is 0 Å². The second-order valence-electron chi connectivity index (χ2n) is 3.46. The lowest BCUT2D eigenvalue weighted by Crippen LogP contribution is -2.18. The minimum atomic E-state index is 0.0700. The second-order valence-corrected chi connectivity index (χ2v) is 3.83. The first-order valence-electron chi connectivity index (χ1n) is 4.75. The monoisotopic (exact) mass is 229 g/mol. The van der Waals surface area contributed by atoms with Crippen molar-refractivity contribution in [2.24, 2.45) is 5.73 Å². The van der Waals surface area contributed by atoms with Gasteiger partial charge in [0.25, 0.3) is 0 Å². The number of benzene rings is 1. The minimum Gasteiger partial charge on any atom is -0.493 e. The molecule has 0 aliphatic rings. The molecule has 4 heteroatoms. The molecule has 0 radical (unpaired) electrons. The van der Waals surface area contributed by atoms with Crippen LogP contribution in [0, 0.1) is 0 Å². The van der Waals surface area contributed by atoms with Gasteiger partial charge in [-0.05, 0) is 25.0 Å². The highest BCUT2D eigenvalue weighted by atomic mass is 35.5.